The monoisotopic (exact) mass is 386 g/mol. The molecule has 0 fully saturated rings. The summed E-state index contributed by atoms with van der Waals surface area (Å²) >= 11 is 0. The van der Waals surface area contributed by atoms with Gasteiger partial charge in [-0.25, -0.2) is 0 Å². The van der Waals surface area contributed by atoms with Gasteiger partial charge in [-0.15, -0.1) is 0 Å². The number of ether oxygens (including phenoxy) is 2. The first-order chi connectivity index (χ1) is 14.2. The lowest BCUT2D eigenvalue weighted by Crippen LogP contribution is -1.96. The molecule has 0 bridgehead atoms. The van der Waals surface area contributed by atoms with Crippen LogP contribution in [0.25, 0.3) is 21.8 Å². The Morgan fingerprint density at radius 1 is 0.793 bits per heavy atom. The van der Waals surface area contributed by atoms with Crippen molar-refractivity contribution < 1.29 is 9.47 Å². The zero-order chi connectivity index (χ0) is 20.9. The minimum atomic E-state index is 0.307. The molecule has 0 heterocycles. The third-order valence-corrected chi connectivity index (χ3v) is 4.37. The first-order valence-electron chi connectivity index (χ1n) is 9.75. The Morgan fingerprint density at radius 3 is 1.76 bits per heavy atom. The summed E-state index contributed by atoms with van der Waals surface area (Å²) in [6.07, 6.45) is 8.13. The van der Waals surface area contributed by atoms with Crippen LogP contribution in [0.3, 0.4) is 0 Å². The number of hydrogen-bond acceptors (Lipinski definition) is 2. The zero-order valence-electron chi connectivity index (χ0n) is 17.0. The molecule has 2 aromatic rings. The standard InChI is InChI=1S/C25H26N2O2/c1-5-6-7-8-17-29-23-15-11-21(12-16-23)19-25(27-3)24(26-2)18-20-9-13-22(28-4)14-10-20/h9-16,18-19H,5-8,17H2,1,4H3. The van der Waals surface area contributed by atoms with Gasteiger partial charge < -0.3 is 9.47 Å². The number of benzene rings is 2. The van der Waals surface area contributed by atoms with Gasteiger partial charge in [0.05, 0.1) is 26.9 Å². The lowest BCUT2D eigenvalue weighted by molar-refractivity contribution is 0.305. The lowest BCUT2D eigenvalue weighted by atomic mass is 10.1. The summed E-state index contributed by atoms with van der Waals surface area (Å²) in [6.45, 7) is 17.9. The number of nitrogens with zero attached hydrogens (tertiary/aromatic N) is 2. The van der Waals surface area contributed by atoms with Crippen LogP contribution in [0.5, 0.6) is 11.5 Å². The molecule has 4 heteroatoms. The average molecular weight is 386 g/mol. The van der Waals surface area contributed by atoms with Crippen LogP contribution in [-0.4, -0.2) is 13.7 Å². The highest BCUT2D eigenvalue weighted by Crippen LogP contribution is 2.23. The summed E-state index contributed by atoms with van der Waals surface area (Å²) in [5.41, 5.74) is 2.32. The van der Waals surface area contributed by atoms with Crippen molar-refractivity contribution in [3.8, 4) is 11.5 Å². The van der Waals surface area contributed by atoms with Crippen LogP contribution < -0.4 is 9.47 Å². The predicted molar refractivity (Wildman–Crippen MR) is 118 cm³/mol. The highest BCUT2D eigenvalue weighted by Gasteiger charge is 2.07. The van der Waals surface area contributed by atoms with E-state index in [0.29, 0.717) is 11.4 Å². The molecule has 2 rings (SSSR count). The second kappa shape index (κ2) is 12.1. The Hall–Kier alpha value is -3.50. The number of hydrogen-bond donors (Lipinski definition) is 0. The largest absolute Gasteiger partial charge is 0.497 e. The number of rotatable bonds is 10. The summed E-state index contributed by atoms with van der Waals surface area (Å²) in [7, 11) is 1.61. The molecule has 0 radical (unpaired) electrons. The van der Waals surface area contributed by atoms with Gasteiger partial charge in [0.15, 0.2) is 11.4 Å². The molecule has 29 heavy (non-hydrogen) atoms. The fourth-order valence-corrected chi connectivity index (χ4v) is 2.72. The topological polar surface area (TPSA) is 27.2 Å². The van der Waals surface area contributed by atoms with Crippen molar-refractivity contribution in [3.05, 3.63) is 93.9 Å². The summed E-state index contributed by atoms with van der Waals surface area (Å²) in [5, 5.41) is 0. The summed E-state index contributed by atoms with van der Waals surface area (Å²) < 4.78 is 10.9. The molecule has 0 aliphatic carbocycles. The van der Waals surface area contributed by atoms with Crippen molar-refractivity contribution in [1.29, 1.82) is 0 Å². The molecule has 0 saturated carbocycles. The van der Waals surface area contributed by atoms with E-state index >= 15 is 0 Å². The van der Waals surface area contributed by atoms with E-state index in [1.54, 1.807) is 19.3 Å². The van der Waals surface area contributed by atoms with Gasteiger partial charge in [-0.2, -0.15) is 0 Å². The van der Waals surface area contributed by atoms with E-state index < -0.39 is 0 Å². The molecule has 0 N–H and O–H groups in total. The van der Waals surface area contributed by atoms with Gasteiger partial charge in [-0.1, -0.05) is 62.6 Å². The lowest BCUT2D eigenvalue weighted by Gasteiger charge is -2.06. The average Bonchev–Trinajstić information content (AvgIpc) is 2.77. The minimum Gasteiger partial charge on any atom is -0.497 e. The Morgan fingerprint density at radius 2 is 1.31 bits per heavy atom. The highest BCUT2D eigenvalue weighted by atomic mass is 16.5. The van der Waals surface area contributed by atoms with Crippen LogP contribution in [0.2, 0.25) is 0 Å². The van der Waals surface area contributed by atoms with Crippen molar-refractivity contribution in [2.24, 2.45) is 0 Å². The summed E-state index contributed by atoms with van der Waals surface area (Å²) in [4.78, 5) is 7.11. The molecule has 0 spiro atoms. The maximum absolute atomic E-state index is 7.49. The van der Waals surface area contributed by atoms with Crippen LogP contribution in [0.1, 0.15) is 43.7 Å². The van der Waals surface area contributed by atoms with E-state index in [0.717, 1.165) is 35.7 Å². The van der Waals surface area contributed by atoms with E-state index in [1.165, 1.54) is 19.3 Å². The van der Waals surface area contributed by atoms with Crippen LogP contribution in [-0.2, 0) is 0 Å². The van der Waals surface area contributed by atoms with Crippen LogP contribution in [0.4, 0.5) is 0 Å². The van der Waals surface area contributed by atoms with Gasteiger partial charge in [0.25, 0.3) is 0 Å². The summed E-state index contributed by atoms with van der Waals surface area (Å²) in [6, 6.07) is 15.0. The van der Waals surface area contributed by atoms with Crippen molar-refractivity contribution >= 4 is 12.2 Å². The molecule has 0 aliphatic rings. The fourth-order valence-electron chi connectivity index (χ4n) is 2.72. The Kier molecular flexibility index (Phi) is 9.06. The van der Waals surface area contributed by atoms with E-state index in [-0.39, 0.29) is 0 Å². The van der Waals surface area contributed by atoms with Gasteiger partial charge in [0.1, 0.15) is 11.5 Å². The first-order valence-corrected chi connectivity index (χ1v) is 9.75. The molecule has 0 aromatic heterocycles. The highest BCUT2D eigenvalue weighted by molar-refractivity contribution is 5.69. The maximum Gasteiger partial charge on any atom is 0.195 e. The molecular formula is C25H26N2O2. The molecule has 2 aromatic carbocycles. The van der Waals surface area contributed by atoms with E-state index in [9.17, 15) is 0 Å². The quantitative estimate of drug-likeness (QED) is 0.253. The smallest absolute Gasteiger partial charge is 0.195 e. The van der Waals surface area contributed by atoms with Gasteiger partial charge >= 0.3 is 0 Å². The van der Waals surface area contributed by atoms with E-state index in [1.807, 2.05) is 48.5 Å². The van der Waals surface area contributed by atoms with Gasteiger partial charge in [0, 0.05) is 0 Å². The molecule has 4 nitrogen and oxygen atoms in total. The Balaban J connectivity index is 2.09. The summed E-state index contributed by atoms with van der Waals surface area (Å²) in [5.74, 6) is 1.57. The molecule has 0 amide bonds. The second-order valence-electron chi connectivity index (χ2n) is 6.53. The molecular weight excluding hydrogens is 360 g/mol. The third kappa shape index (κ3) is 7.20. The van der Waals surface area contributed by atoms with E-state index in [2.05, 4.69) is 16.6 Å². The van der Waals surface area contributed by atoms with Gasteiger partial charge in [-0.3, -0.25) is 9.69 Å². The van der Waals surface area contributed by atoms with E-state index in [4.69, 9.17) is 22.6 Å². The number of methoxy groups -OCH3 is 1. The van der Waals surface area contributed by atoms with Crippen molar-refractivity contribution in [3.63, 3.8) is 0 Å². The normalized spacial score (nSPS) is 11.4. The molecule has 0 saturated heterocycles. The number of unbranched alkanes of at least 4 members (excludes halogenated alkanes) is 3. The third-order valence-electron chi connectivity index (χ3n) is 4.37. The zero-order valence-corrected chi connectivity index (χ0v) is 17.0. The van der Waals surface area contributed by atoms with Gasteiger partial charge in [0.2, 0.25) is 0 Å². The van der Waals surface area contributed by atoms with Gasteiger partial charge in [-0.05, 0) is 41.8 Å². The van der Waals surface area contributed by atoms with Crippen LogP contribution in [0.15, 0.2) is 59.9 Å². The predicted octanol–water partition coefficient (Wildman–Crippen LogP) is 6.87. The first kappa shape index (κ1) is 21.8. The molecule has 0 aliphatic heterocycles. The fraction of sp³-hybridized carbons (Fsp3) is 0.280. The van der Waals surface area contributed by atoms with Crippen molar-refractivity contribution in [2.45, 2.75) is 32.6 Å². The Labute approximate surface area is 173 Å². The maximum atomic E-state index is 7.49. The van der Waals surface area contributed by atoms with Crippen molar-refractivity contribution in [1.82, 2.24) is 0 Å². The van der Waals surface area contributed by atoms with Crippen LogP contribution in [0, 0.1) is 13.1 Å². The Bertz CT molecular complexity index is 911. The SMILES string of the molecule is [C-]#[N+]C(=Cc1ccc(OC)cc1)C(=Cc1ccc(OCCCCCC)cc1)[N+]#[C-]. The molecule has 148 valence electrons. The van der Waals surface area contributed by atoms with Crippen molar-refractivity contribution in [2.75, 3.05) is 13.7 Å². The van der Waals surface area contributed by atoms with Crippen LogP contribution >= 0.6 is 0 Å². The second-order valence-corrected chi connectivity index (χ2v) is 6.53. The minimum absolute atomic E-state index is 0.307. The molecule has 0 unspecified atom stereocenters. The molecule has 0 atom stereocenters.